The summed E-state index contributed by atoms with van der Waals surface area (Å²) in [5, 5.41) is 1.34. The summed E-state index contributed by atoms with van der Waals surface area (Å²) in [6, 6.07) is 22.7. The minimum absolute atomic E-state index is 0.122. The molecule has 0 N–H and O–H groups in total. The number of benzene rings is 3. The molecule has 4 rings (SSSR count). The van der Waals surface area contributed by atoms with Crippen molar-refractivity contribution in [1.82, 2.24) is 4.57 Å². The molecule has 4 aromatic rings. The van der Waals surface area contributed by atoms with Crippen LogP contribution in [-0.4, -0.2) is 10.4 Å². The summed E-state index contributed by atoms with van der Waals surface area (Å²) >= 11 is 6.35. The monoisotopic (exact) mass is 441 g/mol. The molecule has 0 aliphatic heterocycles. The van der Waals surface area contributed by atoms with E-state index < -0.39 is 0 Å². The van der Waals surface area contributed by atoms with Crippen molar-refractivity contribution in [2.45, 2.75) is 26.8 Å². The van der Waals surface area contributed by atoms with Gasteiger partial charge in [0.05, 0.1) is 11.1 Å². The highest BCUT2D eigenvalue weighted by atomic mass is 35.5. The van der Waals surface area contributed by atoms with Crippen LogP contribution < -0.4 is 5.56 Å². The fraction of sp³-hybridized carbons (Fsp3) is 0.143. The normalized spacial score (nSPS) is 11.5. The number of nitrogens with zero attached hydrogens (tertiary/aromatic N) is 1. The van der Waals surface area contributed by atoms with Gasteiger partial charge in [0, 0.05) is 22.0 Å². The van der Waals surface area contributed by atoms with Crippen molar-refractivity contribution in [2.75, 3.05) is 0 Å². The maximum Gasteiger partial charge on any atom is 0.263 e. The van der Waals surface area contributed by atoms with E-state index in [-0.39, 0.29) is 22.9 Å². The highest BCUT2D eigenvalue weighted by Gasteiger charge is 2.23. The van der Waals surface area contributed by atoms with Crippen LogP contribution in [0.4, 0.5) is 0 Å². The summed E-state index contributed by atoms with van der Waals surface area (Å²) < 4.78 is 1.67. The van der Waals surface area contributed by atoms with Crippen LogP contribution in [0.15, 0.2) is 83.7 Å². The Labute approximate surface area is 192 Å². The van der Waals surface area contributed by atoms with E-state index in [0.29, 0.717) is 10.6 Å². The van der Waals surface area contributed by atoms with Crippen LogP contribution in [0.1, 0.15) is 41.4 Å². The Morgan fingerprint density at radius 2 is 1.66 bits per heavy atom. The summed E-state index contributed by atoms with van der Waals surface area (Å²) in [4.78, 5) is 27.2. The van der Waals surface area contributed by atoms with E-state index in [1.54, 1.807) is 16.7 Å². The van der Waals surface area contributed by atoms with Crippen LogP contribution in [0, 0.1) is 6.92 Å². The molecule has 0 aliphatic rings. The smallest absolute Gasteiger partial charge is 0.263 e. The predicted octanol–water partition coefficient (Wildman–Crippen LogP) is 7.11. The van der Waals surface area contributed by atoms with E-state index in [2.05, 4.69) is 0 Å². The van der Waals surface area contributed by atoms with Crippen LogP contribution in [0.5, 0.6) is 0 Å². The number of halogens is 1. The molecule has 0 spiro atoms. The van der Waals surface area contributed by atoms with Crippen molar-refractivity contribution in [1.29, 1.82) is 0 Å². The molecule has 0 radical (unpaired) electrons. The summed E-state index contributed by atoms with van der Waals surface area (Å²) in [5.41, 5.74) is 4.04. The maximum atomic E-state index is 13.7. The fourth-order valence-corrected chi connectivity index (χ4v) is 4.23. The molecule has 0 fully saturated rings. The molecule has 0 saturated heterocycles. The Morgan fingerprint density at radius 3 is 2.34 bits per heavy atom. The van der Waals surface area contributed by atoms with Crippen molar-refractivity contribution in [3.05, 3.63) is 111 Å². The quantitative estimate of drug-likeness (QED) is 0.244. The lowest BCUT2D eigenvalue weighted by atomic mass is 9.93. The third kappa shape index (κ3) is 4.04. The molecule has 0 amide bonds. The molecule has 160 valence electrons. The number of aromatic nitrogens is 1. The van der Waals surface area contributed by atoms with Crippen LogP contribution in [0.25, 0.3) is 28.1 Å². The van der Waals surface area contributed by atoms with E-state index in [9.17, 15) is 9.59 Å². The maximum absolute atomic E-state index is 13.7. The number of pyridine rings is 1. The zero-order valence-corrected chi connectivity index (χ0v) is 19.1. The van der Waals surface area contributed by atoms with Gasteiger partial charge in [-0.3, -0.25) is 9.59 Å². The van der Waals surface area contributed by atoms with E-state index in [1.165, 1.54) is 6.08 Å². The second kappa shape index (κ2) is 8.97. The third-order valence-corrected chi connectivity index (χ3v) is 5.83. The van der Waals surface area contributed by atoms with Crippen molar-refractivity contribution in [3.63, 3.8) is 0 Å². The van der Waals surface area contributed by atoms with Crippen LogP contribution >= 0.6 is 11.6 Å². The van der Waals surface area contributed by atoms with Crippen LogP contribution in [0.2, 0.25) is 5.02 Å². The first-order valence-electron chi connectivity index (χ1n) is 10.6. The summed E-state index contributed by atoms with van der Waals surface area (Å²) in [7, 11) is 0. The number of allylic oxidation sites excluding steroid dienone is 1. The van der Waals surface area contributed by atoms with Gasteiger partial charge in [-0.2, -0.15) is 0 Å². The largest absolute Gasteiger partial charge is 0.305 e. The topological polar surface area (TPSA) is 39.1 Å². The second-order valence-electron chi connectivity index (χ2n) is 8.10. The van der Waals surface area contributed by atoms with Crippen LogP contribution in [0.3, 0.4) is 0 Å². The third-order valence-electron chi connectivity index (χ3n) is 5.60. The van der Waals surface area contributed by atoms with Gasteiger partial charge in [-0.1, -0.05) is 72.3 Å². The summed E-state index contributed by atoms with van der Waals surface area (Å²) in [6.45, 7) is 5.87. The Hall–Kier alpha value is -3.43. The van der Waals surface area contributed by atoms with Gasteiger partial charge < -0.3 is 4.57 Å². The van der Waals surface area contributed by atoms with E-state index >= 15 is 0 Å². The van der Waals surface area contributed by atoms with Crippen molar-refractivity contribution in [3.8, 4) is 11.1 Å². The Balaban J connectivity index is 2.04. The van der Waals surface area contributed by atoms with E-state index in [1.807, 2.05) is 87.5 Å². The number of ketones is 1. The molecular formula is C28H24ClNO2. The van der Waals surface area contributed by atoms with E-state index in [0.717, 1.165) is 27.6 Å². The summed E-state index contributed by atoms with van der Waals surface area (Å²) in [6.07, 6.45) is 3.26. The first kappa shape index (κ1) is 21.8. The zero-order valence-electron chi connectivity index (χ0n) is 18.3. The molecule has 3 aromatic carbocycles. The van der Waals surface area contributed by atoms with Gasteiger partial charge in [0.25, 0.3) is 5.56 Å². The number of rotatable bonds is 5. The lowest BCUT2D eigenvalue weighted by Crippen LogP contribution is -2.29. The average molecular weight is 442 g/mol. The molecular weight excluding hydrogens is 418 g/mol. The van der Waals surface area contributed by atoms with Gasteiger partial charge in [0.2, 0.25) is 0 Å². The molecule has 1 heterocycles. The molecule has 32 heavy (non-hydrogen) atoms. The number of carbonyl (C=O) groups excluding carboxylic acids is 1. The predicted molar refractivity (Wildman–Crippen MR) is 134 cm³/mol. The molecule has 1 aromatic heterocycles. The summed E-state index contributed by atoms with van der Waals surface area (Å²) in [5.74, 6) is -0.326. The Kier molecular flexibility index (Phi) is 6.11. The molecule has 4 heteroatoms. The molecule has 0 atom stereocenters. The molecule has 0 unspecified atom stereocenters. The minimum atomic E-state index is -0.326. The van der Waals surface area contributed by atoms with Crippen molar-refractivity contribution < 1.29 is 4.79 Å². The Bertz CT molecular complexity index is 1400. The van der Waals surface area contributed by atoms with Gasteiger partial charge in [-0.05, 0) is 61.7 Å². The van der Waals surface area contributed by atoms with Gasteiger partial charge in [0.1, 0.15) is 0 Å². The highest BCUT2D eigenvalue weighted by Crippen LogP contribution is 2.33. The highest BCUT2D eigenvalue weighted by molar-refractivity contribution is 6.31. The van der Waals surface area contributed by atoms with Gasteiger partial charge in [-0.25, -0.2) is 0 Å². The Morgan fingerprint density at radius 1 is 0.969 bits per heavy atom. The lowest BCUT2D eigenvalue weighted by Gasteiger charge is -2.20. The van der Waals surface area contributed by atoms with Gasteiger partial charge in [0.15, 0.2) is 5.78 Å². The number of hydrogen-bond donors (Lipinski definition) is 0. The number of aryl methyl sites for hydroxylation is 1. The molecule has 0 bridgehead atoms. The first-order chi connectivity index (χ1) is 15.4. The molecule has 0 aliphatic carbocycles. The van der Waals surface area contributed by atoms with Gasteiger partial charge in [-0.15, -0.1) is 0 Å². The van der Waals surface area contributed by atoms with Gasteiger partial charge >= 0.3 is 0 Å². The molecule has 0 saturated carbocycles. The van der Waals surface area contributed by atoms with E-state index in [4.69, 9.17) is 11.6 Å². The fourth-order valence-electron chi connectivity index (χ4n) is 4.06. The van der Waals surface area contributed by atoms with Crippen molar-refractivity contribution in [2.24, 2.45) is 0 Å². The first-order valence-corrected chi connectivity index (χ1v) is 11.0. The zero-order chi connectivity index (χ0) is 22.8. The SMILES string of the molecule is Cc1ccccc1C=CC(=O)c1c(-c2ccccc2)c2cc(Cl)ccc2n(C(C)C)c1=O. The minimum Gasteiger partial charge on any atom is -0.305 e. The number of hydrogen-bond acceptors (Lipinski definition) is 2. The number of carbonyl (C=O) groups is 1. The standard InChI is InChI=1S/C28H24ClNO2/c1-18(2)30-24-15-14-22(29)17-23(24)26(21-11-5-4-6-12-21)27(28(30)32)25(31)16-13-20-10-8-7-9-19(20)3/h4-18H,1-3H3. The second-order valence-corrected chi connectivity index (χ2v) is 8.54. The molecule has 3 nitrogen and oxygen atoms in total. The lowest BCUT2D eigenvalue weighted by molar-refractivity contribution is 0.104. The number of fused-ring (bicyclic) bond motifs is 1. The van der Waals surface area contributed by atoms with Crippen LogP contribution in [-0.2, 0) is 0 Å². The average Bonchev–Trinajstić information content (AvgIpc) is 2.78. The van der Waals surface area contributed by atoms with Crippen molar-refractivity contribution >= 4 is 34.4 Å².